The molecule has 0 saturated carbocycles. The molecule has 0 unspecified atom stereocenters. The van der Waals surface area contributed by atoms with Crippen molar-refractivity contribution in [2.75, 3.05) is 0 Å². The van der Waals surface area contributed by atoms with Crippen molar-refractivity contribution in [1.29, 1.82) is 0 Å². The second-order valence-corrected chi connectivity index (χ2v) is 5.17. The van der Waals surface area contributed by atoms with Crippen LogP contribution < -0.4 is 5.56 Å². The minimum Gasteiger partial charge on any atom is -0.292 e. The highest BCUT2D eigenvalue weighted by Crippen LogP contribution is 2.20. The van der Waals surface area contributed by atoms with Crippen LogP contribution >= 0.6 is 11.6 Å². The number of fused-ring (bicyclic) bond motifs is 1. The zero-order valence-corrected chi connectivity index (χ0v) is 12.1. The molecule has 0 aliphatic rings. The molecule has 0 aliphatic carbocycles. The number of halogens is 2. The topological polar surface area (TPSA) is 34.9 Å². The molecule has 0 saturated heterocycles. The van der Waals surface area contributed by atoms with E-state index in [0.29, 0.717) is 27.3 Å². The summed E-state index contributed by atoms with van der Waals surface area (Å²) >= 11 is 6.03. The Labute approximate surface area is 125 Å². The van der Waals surface area contributed by atoms with E-state index >= 15 is 0 Å². The van der Waals surface area contributed by atoms with E-state index in [2.05, 4.69) is 4.98 Å². The number of hydrogen-bond donors (Lipinski definition) is 0. The van der Waals surface area contributed by atoms with E-state index in [-0.39, 0.29) is 12.1 Å². The molecular formula is C16H12ClFN2O. The lowest BCUT2D eigenvalue weighted by molar-refractivity contribution is 0.591. The molecule has 3 nitrogen and oxygen atoms in total. The molecule has 0 amide bonds. The van der Waals surface area contributed by atoms with Gasteiger partial charge in [-0.25, -0.2) is 9.37 Å². The number of hydrogen-bond acceptors (Lipinski definition) is 2. The zero-order chi connectivity index (χ0) is 15.0. The predicted molar refractivity (Wildman–Crippen MR) is 81.3 cm³/mol. The van der Waals surface area contributed by atoms with Gasteiger partial charge in [0.1, 0.15) is 11.6 Å². The van der Waals surface area contributed by atoms with E-state index in [1.807, 2.05) is 6.07 Å². The van der Waals surface area contributed by atoms with Gasteiger partial charge in [-0.15, -0.1) is 0 Å². The molecule has 3 rings (SSSR count). The Morgan fingerprint density at radius 1 is 1.19 bits per heavy atom. The quantitative estimate of drug-likeness (QED) is 0.725. The van der Waals surface area contributed by atoms with E-state index in [4.69, 9.17) is 11.6 Å². The fourth-order valence-corrected chi connectivity index (χ4v) is 2.53. The maximum absolute atomic E-state index is 13.9. The first-order valence-electron chi connectivity index (χ1n) is 6.47. The van der Waals surface area contributed by atoms with Crippen LogP contribution in [-0.4, -0.2) is 9.55 Å². The van der Waals surface area contributed by atoms with Gasteiger partial charge in [-0.1, -0.05) is 29.8 Å². The molecular weight excluding hydrogens is 291 g/mol. The lowest BCUT2D eigenvalue weighted by Crippen LogP contribution is -2.25. The Morgan fingerprint density at radius 2 is 1.95 bits per heavy atom. The minimum absolute atomic E-state index is 0.0635. The Balaban J connectivity index is 2.20. The average molecular weight is 303 g/mol. The van der Waals surface area contributed by atoms with Gasteiger partial charge in [0.15, 0.2) is 0 Å². The third-order valence-corrected chi connectivity index (χ3v) is 3.78. The normalized spacial score (nSPS) is 11.0. The monoisotopic (exact) mass is 302 g/mol. The zero-order valence-electron chi connectivity index (χ0n) is 11.3. The van der Waals surface area contributed by atoms with Crippen molar-refractivity contribution in [3.63, 3.8) is 0 Å². The summed E-state index contributed by atoms with van der Waals surface area (Å²) in [6, 6.07) is 11.6. The van der Waals surface area contributed by atoms with Crippen molar-refractivity contribution in [3.8, 4) is 0 Å². The van der Waals surface area contributed by atoms with Gasteiger partial charge in [-0.05, 0) is 31.2 Å². The largest absolute Gasteiger partial charge is 0.292 e. The minimum atomic E-state index is -0.429. The summed E-state index contributed by atoms with van der Waals surface area (Å²) in [5.74, 6) is 0.0972. The molecule has 0 spiro atoms. The van der Waals surface area contributed by atoms with Crippen molar-refractivity contribution in [3.05, 3.63) is 75.0 Å². The SMILES string of the molecule is Cc1nc2ccccc2c(=O)n1Cc1c(F)cccc1Cl. The standard InChI is InChI=1S/C16H12ClFN2O/c1-10-19-15-8-3-2-5-11(15)16(21)20(10)9-12-13(17)6-4-7-14(12)18/h2-8H,9H2,1H3. The third kappa shape index (κ3) is 2.43. The second kappa shape index (κ2) is 5.30. The average Bonchev–Trinajstić information content (AvgIpc) is 2.46. The first-order valence-corrected chi connectivity index (χ1v) is 6.85. The second-order valence-electron chi connectivity index (χ2n) is 4.77. The highest BCUT2D eigenvalue weighted by molar-refractivity contribution is 6.31. The van der Waals surface area contributed by atoms with Crippen LogP contribution in [0.4, 0.5) is 4.39 Å². The van der Waals surface area contributed by atoms with Crippen LogP contribution in [0.3, 0.4) is 0 Å². The molecule has 1 heterocycles. The molecule has 21 heavy (non-hydrogen) atoms. The fourth-order valence-electron chi connectivity index (χ4n) is 2.31. The smallest absolute Gasteiger partial charge is 0.261 e. The van der Waals surface area contributed by atoms with E-state index < -0.39 is 5.82 Å². The van der Waals surface area contributed by atoms with Gasteiger partial charge >= 0.3 is 0 Å². The number of nitrogens with zero attached hydrogens (tertiary/aromatic N) is 2. The van der Waals surface area contributed by atoms with E-state index in [9.17, 15) is 9.18 Å². The number of rotatable bonds is 2. The highest BCUT2D eigenvalue weighted by atomic mass is 35.5. The third-order valence-electron chi connectivity index (χ3n) is 3.43. The maximum atomic E-state index is 13.9. The molecule has 0 radical (unpaired) electrons. The molecule has 3 aromatic rings. The van der Waals surface area contributed by atoms with Crippen LogP contribution in [0.2, 0.25) is 5.02 Å². The number of aromatic nitrogens is 2. The number of para-hydroxylation sites is 1. The molecule has 0 fully saturated rings. The molecule has 106 valence electrons. The molecule has 0 atom stereocenters. The van der Waals surface area contributed by atoms with Gasteiger partial charge in [0.2, 0.25) is 0 Å². The first kappa shape index (κ1) is 13.8. The summed E-state index contributed by atoms with van der Waals surface area (Å²) in [6.45, 7) is 1.79. The van der Waals surface area contributed by atoms with E-state index in [1.54, 1.807) is 31.2 Å². The Kier molecular flexibility index (Phi) is 3.47. The van der Waals surface area contributed by atoms with Gasteiger partial charge in [0, 0.05) is 10.6 Å². The lowest BCUT2D eigenvalue weighted by Gasteiger charge is -2.12. The number of aryl methyl sites for hydroxylation is 1. The van der Waals surface area contributed by atoms with Crippen molar-refractivity contribution in [2.24, 2.45) is 0 Å². The summed E-state index contributed by atoms with van der Waals surface area (Å²) in [5, 5.41) is 0.810. The van der Waals surface area contributed by atoms with E-state index in [1.165, 1.54) is 16.7 Å². The summed E-state index contributed by atoms with van der Waals surface area (Å²) in [5.41, 5.74) is 0.731. The van der Waals surface area contributed by atoms with Gasteiger partial charge in [-0.2, -0.15) is 0 Å². The molecule has 0 N–H and O–H groups in total. The fraction of sp³-hybridized carbons (Fsp3) is 0.125. The van der Waals surface area contributed by atoms with Gasteiger partial charge in [0.05, 0.1) is 17.4 Å². The molecule has 0 aliphatic heterocycles. The van der Waals surface area contributed by atoms with Crippen molar-refractivity contribution < 1.29 is 4.39 Å². The van der Waals surface area contributed by atoms with Crippen LogP contribution in [0, 0.1) is 12.7 Å². The Morgan fingerprint density at radius 3 is 2.71 bits per heavy atom. The predicted octanol–water partition coefficient (Wildman–Crippen LogP) is 3.55. The first-order chi connectivity index (χ1) is 10.1. The van der Waals surface area contributed by atoms with Crippen LogP contribution in [0.1, 0.15) is 11.4 Å². The Hall–Kier alpha value is -2.20. The number of benzene rings is 2. The van der Waals surface area contributed by atoms with Gasteiger partial charge < -0.3 is 0 Å². The van der Waals surface area contributed by atoms with Crippen LogP contribution in [-0.2, 0) is 6.54 Å². The van der Waals surface area contributed by atoms with Crippen molar-refractivity contribution >= 4 is 22.5 Å². The Bertz CT molecular complexity index is 869. The summed E-state index contributed by atoms with van der Waals surface area (Å²) in [7, 11) is 0. The van der Waals surface area contributed by atoms with Crippen LogP contribution in [0.15, 0.2) is 47.3 Å². The van der Waals surface area contributed by atoms with Crippen LogP contribution in [0.5, 0.6) is 0 Å². The van der Waals surface area contributed by atoms with Crippen LogP contribution in [0.25, 0.3) is 10.9 Å². The molecule has 2 aromatic carbocycles. The summed E-state index contributed by atoms with van der Waals surface area (Å²) in [4.78, 5) is 16.9. The van der Waals surface area contributed by atoms with E-state index in [0.717, 1.165) is 0 Å². The molecule has 1 aromatic heterocycles. The van der Waals surface area contributed by atoms with Gasteiger partial charge in [-0.3, -0.25) is 9.36 Å². The van der Waals surface area contributed by atoms with Crippen molar-refractivity contribution in [1.82, 2.24) is 9.55 Å². The van der Waals surface area contributed by atoms with Gasteiger partial charge in [0.25, 0.3) is 5.56 Å². The molecule has 5 heteroatoms. The maximum Gasteiger partial charge on any atom is 0.261 e. The summed E-state index contributed by atoms with van der Waals surface area (Å²) < 4.78 is 15.3. The van der Waals surface area contributed by atoms with Crippen molar-refractivity contribution in [2.45, 2.75) is 13.5 Å². The lowest BCUT2D eigenvalue weighted by atomic mass is 10.2. The summed E-state index contributed by atoms with van der Waals surface area (Å²) in [6.07, 6.45) is 0. The molecule has 0 bridgehead atoms. The highest BCUT2D eigenvalue weighted by Gasteiger charge is 2.12.